The first-order valence-electron chi connectivity index (χ1n) is 8.98. The van der Waals surface area contributed by atoms with Crippen molar-refractivity contribution in [2.45, 2.75) is 0 Å². The van der Waals surface area contributed by atoms with Crippen LogP contribution in [-0.4, -0.2) is 7.11 Å². The van der Waals surface area contributed by atoms with Crippen LogP contribution in [0.2, 0.25) is 5.02 Å². The molecule has 1 aromatic heterocycles. The Balaban J connectivity index is 0.000000523. The summed E-state index contributed by atoms with van der Waals surface area (Å²) < 4.78 is 58.6. The lowest BCUT2D eigenvalue weighted by atomic mass is 10.1. The molecule has 0 aliphatic carbocycles. The molecule has 10 heteroatoms. The normalized spacial score (nSPS) is 11.8. The van der Waals surface area contributed by atoms with Gasteiger partial charge in [0, 0.05) is 17.7 Å². The molecule has 0 atom stereocenters. The minimum Gasteiger partial charge on any atom is -0.497 e. The predicted molar refractivity (Wildman–Crippen MR) is 103 cm³/mol. The van der Waals surface area contributed by atoms with E-state index in [0.29, 0.717) is 22.1 Å². The number of benzene rings is 3. The van der Waals surface area contributed by atoms with Crippen molar-refractivity contribution in [2.24, 2.45) is 0 Å². The van der Waals surface area contributed by atoms with Gasteiger partial charge >= 0.3 is 0 Å². The second kappa shape index (κ2) is 10.1. The van der Waals surface area contributed by atoms with Crippen LogP contribution < -0.4 is 33.7 Å². The number of rotatable bonds is 3. The Morgan fingerprint density at radius 1 is 0.938 bits per heavy atom. The maximum Gasteiger partial charge on any atom is 0.218 e. The van der Waals surface area contributed by atoms with Gasteiger partial charge < -0.3 is 9.15 Å². The summed E-state index contributed by atoms with van der Waals surface area (Å²) in [5.74, 6) is 1.06. The fraction of sp³-hybridized carbons (Fsp3) is 0.0455. The second-order valence-corrected chi connectivity index (χ2v) is 7.54. The first-order valence-corrected chi connectivity index (χ1v) is 10.6. The lowest BCUT2D eigenvalue weighted by Crippen LogP contribution is -2.70. The third kappa shape index (κ3) is 6.51. The van der Waals surface area contributed by atoms with E-state index in [1.54, 1.807) is 19.2 Å². The zero-order valence-electron chi connectivity index (χ0n) is 16.5. The van der Waals surface area contributed by atoms with Crippen molar-refractivity contribution in [1.29, 1.82) is 0 Å². The summed E-state index contributed by atoms with van der Waals surface area (Å²) in [5.41, 5.74) is 2.23. The van der Waals surface area contributed by atoms with Crippen molar-refractivity contribution in [3.05, 3.63) is 89.0 Å². The van der Waals surface area contributed by atoms with E-state index in [1.165, 1.54) is 12.1 Å². The van der Waals surface area contributed by atoms with Gasteiger partial charge in [0.25, 0.3) is 0 Å². The lowest BCUT2D eigenvalue weighted by Gasteiger charge is -2.17. The second-order valence-electron chi connectivity index (χ2n) is 6.38. The van der Waals surface area contributed by atoms with E-state index in [1.807, 2.05) is 48.5 Å². The molecule has 0 saturated carbocycles. The number of ether oxygens (including phenoxy) is 1. The average Bonchev–Trinajstić information content (AvgIpc) is 2.74. The van der Waals surface area contributed by atoms with Crippen LogP contribution in [0.3, 0.4) is 0 Å². The van der Waals surface area contributed by atoms with Crippen molar-refractivity contribution < 1.29 is 47.4 Å². The van der Waals surface area contributed by atoms with Crippen molar-refractivity contribution >= 4 is 28.3 Å². The molecule has 0 aliphatic rings. The minimum absolute atomic E-state index is 0.285. The van der Waals surface area contributed by atoms with Crippen LogP contribution >= 0.6 is 11.6 Å². The zero-order valence-corrected chi connectivity index (χ0v) is 18.0. The summed E-state index contributed by atoms with van der Waals surface area (Å²) in [6.45, 7) is 0. The Morgan fingerprint density at radius 3 is 2.22 bits per heavy atom. The van der Waals surface area contributed by atoms with Gasteiger partial charge in [-0.3, -0.25) is 0 Å². The molecule has 0 bridgehead atoms. The van der Waals surface area contributed by atoms with Crippen LogP contribution in [0, 0.1) is 16.1 Å². The third-order valence-corrected chi connectivity index (χ3v) is 4.56. The van der Waals surface area contributed by atoms with Gasteiger partial charge in [0.15, 0.2) is 0 Å². The largest absolute Gasteiger partial charge is 0.497 e. The van der Waals surface area contributed by atoms with Gasteiger partial charge in [-0.05, 0) is 42.5 Å². The SMILES string of the molecule is COc1ccc2oc(-c3ccccc3Cl)cc(=[NH+]c3ccc(F)cc3)c2c1.[O-][Cl+3]([O-])([O-])[O-]. The van der Waals surface area contributed by atoms with Gasteiger partial charge in [0.05, 0.1) is 23.6 Å². The standard InChI is InChI=1S/C22H15ClFNO2.ClHO4/c1-26-16-10-11-21-18(12-16)20(25-15-8-6-14(24)7-9-15)13-22(27-21)17-4-2-3-5-19(17)23;2-1(3,4)5/h2-13H,1H3;(H,2,3,4,5). The minimum atomic E-state index is -4.94. The molecule has 0 aliphatic heterocycles. The molecule has 1 heterocycles. The molecule has 0 saturated heterocycles. The van der Waals surface area contributed by atoms with E-state index in [4.69, 9.17) is 39.4 Å². The fourth-order valence-corrected chi connectivity index (χ4v) is 3.11. The van der Waals surface area contributed by atoms with Crippen molar-refractivity contribution in [2.75, 3.05) is 7.11 Å². The number of hydrogen-bond acceptors (Lipinski definition) is 6. The molecule has 7 nitrogen and oxygen atoms in total. The Kier molecular flexibility index (Phi) is 7.47. The highest BCUT2D eigenvalue weighted by Crippen LogP contribution is 2.29. The highest BCUT2D eigenvalue weighted by Gasteiger charge is 2.12. The molecule has 0 unspecified atom stereocenters. The van der Waals surface area contributed by atoms with Crippen molar-refractivity contribution in [1.82, 2.24) is 0 Å². The summed E-state index contributed by atoms with van der Waals surface area (Å²) in [7, 11) is -3.33. The van der Waals surface area contributed by atoms with Crippen molar-refractivity contribution in [3.8, 4) is 17.1 Å². The van der Waals surface area contributed by atoms with Gasteiger partial charge in [-0.2, -0.15) is 0 Å². The highest BCUT2D eigenvalue weighted by molar-refractivity contribution is 6.33. The fourth-order valence-electron chi connectivity index (χ4n) is 2.88. The molecule has 166 valence electrons. The van der Waals surface area contributed by atoms with E-state index in [0.717, 1.165) is 22.0 Å². The van der Waals surface area contributed by atoms with Crippen LogP contribution in [0.15, 0.2) is 77.2 Å². The zero-order chi connectivity index (χ0) is 23.3. The molecule has 4 aromatic rings. The number of fused-ring (bicyclic) bond motifs is 1. The van der Waals surface area contributed by atoms with E-state index in [-0.39, 0.29) is 5.82 Å². The average molecular weight is 480 g/mol. The van der Waals surface area contributed by atoms with Gasteiger partial charge in [-0.1, -0.05) is 23.7 Å². The lowest BCUT2D eigenvalue weighted by molar-refractivity contribution is -2.00. The Bertz CT molecular complexity index is 1280. The topological polar surface area (TPSA) is 129 Å². The van der Waals surface area contributed by atoms with Gasteiger partial charge in [-0.15, -0.1) is 10.2 Å². The molecule has 32 heavy (non-hydrogen) atoms. The van der Waals surface area contributed by atoms with Gasteiger partial charge in [-0.25, -0.2) is 28.0 Å². The Morgan fingerprint density at radius 2 is 1.59 bits per heavy atom. The third-order valence-electron chi connectivity index (χ3n) is 4.23. The first-order chi connectivity index (χ1) is 15.1. The van der Waals surface area contributed by atoms with Crippen LogP contribution in [0.1, 0.15) is 0 Å². The quantitative estimate of drug-likeness (QED) is 0.420. The first kappa shape index (κ1) is 23.7. The monoisotopic (exact) mass is 479 g/mol. The summed E-state index contributed by atoms with van der Waals surface area (Å²) >= 11 is 6.35. The molecule has 0 amide bonds. The number of halogens is 3. The maximum absolute atomic E-state index is 13.2. The van der Waals surface area contributed by atoms with Crippen LogP contribution in [0.5, 0.6) is 5.75 Å². The van der Waals surface area contributed by atoms with E-state index in [2.05, 4.69) is 4.99 Å². The van der Waals surface area contributed by atoms with Gasteiger partial charge in [0.2, 0.25) is 11.0 Å². The Hall–Kier alpha value is -2.98. The molecular formula is C22H16Cl2FNO6. The molecule has 0 spiro atoms. The molecule has 0 radical (unpaired) electrons. The summed E-state index contributed by atoms with van der Waals surface area (Å²) in [5, 5.41) is 2.24. The van der Waals surface area contributed by atoms with E-state index in [9.17, 15) is 4.39 Å². The maximum atomic E-state index is 13.2. The molecule has 1 N–H and O–H groups in total. The smallest absolute Gasteiger partial charge is 0.218 e. The molecule has 3 aromatic carbocycles. The summed E-state index contributed by atoms with van der Waals surface area (Å²) in [6.07, 6.45) is 0. The molecular weight excluding hydrogens is 464 g/mol. The van der Waals surface area contributed by atoms with E-state index >= 15 is 0 Å². The van der Waals surface area contributed by atoms with Crippen molar-refractivity contribution in [3.63, 3.8) is 0 Å². The number of nitrogens with one attached hydrogen (secondary N) is 1. The van der Waals surface area contributed by atoms with E-state index < -0.39 is 10.2 Å². The highest BCUT2D eigenvalue weighted by atomic mass is 35.7. The Labute approximate surface area is 189 Å². The molecule has 4 rings (SSSR count). The number of methoxy groups -OCH3 is 1. The summed E-state index contributed by atoms with van der Waals surface area (Å²) in [4.78, 5) is 3.33. The predicted octanol–water partition coefficient (Wildman–Crippen LogP) is -0.542. The van der Waals surface area contributed by atoms with Gasteiger partial charge in [0.1, 0.15) is 22.9 Å². The van der Waals surface area contributed by atoms with Crippen LogP contribution in [0.25, 0.3) is 22.3 Å². The molecule has 0 fully saturated rings. The van der Waals surface area contributed by atoms with Crippen LogP contribution in [0.4, 0.5) is 10.1 Å². The van der Waals surface area contributed by atoms with Crippen LogP contribution in [-0.2, 0) is 0 Å². The summed E-state index contributed by atoms with van der Waals surface area (Å²) in [6, 6.07) is 21.1. The number of hydrogen-bond donors (Lipinski definition) is 1.